The largest absolute Gasteiger partial charge is 0.488 e. The van der Waals surface area contributed by atoms with E-state index in [4.69, 9.17) is 14.8 Å². The first-order chi connectivity index (χ1) is 12.1. The first kappa shape index (κ1) is 21.7. The number of ether oxygens (including phenoxy) is 1. The number of unbranched alkanes of at least 4 members (excludes halogenated alkanes) is 10. The Balaban J connectivity index is 1.98. The van der Waals surface area contributed by atoms with Crippen molar-refractivity contribution in [3.05, 3.63) is 29.8 Å². The van der Waals surface area contributed by atoms with Crippen LogP contribution in [0.3, 0.4) is 0 Å². The standard InChI is InChI=1S/C20H33BO4/c1-2-3-4-5-6-7-8-9-10-11-12-17-25-20(22)18-13-15-19(16-14-18)21(23)24/h13-16,23-24H,2-12,17H2,1H3. The molecule has 4 nitrogen and oxygen atoms in total. The maximum Gasteiger partial charge on any atom is 0.488 e. The molecule has 0 fully saturated rings. The Hall–Kier alpha value is -1.33. The summed E-state index contributed by atoms with van der Waals surface area (Å²) >= 11 is 0. The van der Waals surface area contributed by atoms with Crippen LogP contribution in [0.5, 0.6) is 0 Å². The van der Waals surface area contributed by atoms with Crippen LogP contribution < -0.4 is 5.46 Å². The van der Waals surface area contributed by atoms with Crippen LogP contribution in [-0.2, 0) is 4.74 Å². The summed E-state index contributed by atoms with van der Waals surface area (Å²) in [5, 5.41) is 18.0. The van der Waals surface area contributed by atoms with Gasteiger partial charge in [0.25, 0.3) is 0 Å². The third kappa shape index (κ3) is 10.3. The number of carbonyl (C=O) groups excluding carboxylic acids is 1. The fraction of sp³-hybridized carbons (Fsp3) is 0.650. The molecule has 0 amide bonds. The van der Waals surface area contributed by atoms with E-state index >= 15 is 0 Å². The van der Waals surface area contributed by atoms with Gasteiger partial charge in [0.15, 0.2) is 0 Å². The Morgan fingerprint density at radius 2 is 1.32 bits per heavy atom. The van der Waals surface area contributed by atoms with Gasteiger partial charge in [-0.3, -0.25) is 0 Å². The molecular weight excluding hydrogens is 315 g/mol. The Kier molecular flexibility index (Phi) is 12.1. The zero-order valence-corrected chi connectivity index (χ0v) is 15.6. The summed E-state index contributed by atoms with van der Waals surface area (Å²) < 4.78 is 5.25. The molecule has 0 bridgehead atoms. The summed E-state index contributed by atoms with van der Waals surface area (Å²) in [5.41, 5.74) is 0.800. The van der Waals surface area contributed by atoms with Crippen molar-refractivity contribution in [3.8, 4) is 0 Å². The molecule has 0 heterocycles. The molecule has 0 saturated carbocycles. The Morgan fingerprint density at radius 3 is 1.80 bits per heavy atom. The van der Waals surface area contributed by atoms with Crippen molar-refractivity contribution in [1.82, 2.24) is 0 Å². The highest BCUT2D eigenvalue weighted by molar-refractivity contribution is 6.58. The molecule has 140 valence electrons. The predicted molar refractivity (Wildman–Crippen MR) is 103 cm³/mol. The highest BCUT2D eigenvalue weighted by Gasteiger charge is 2.12. The number of hydrogen-bond acceptors (Lipinski definition) is 4. The van der Waals surface area contributed by atoms with E-state index in [-0.39, 0.29) is 5.97 Å². The van der Waals surface area contributed by atoms with Gasteiger partial charge in [0.2, 0.25) is 0 Å². The lowest BCUT2D eigenvalue weighted by molar-refractivity contribution is 0.0497. The van der Waals surface area contributed by atoms with E-state index in [0.717, 1.165) is 12.8 Å². The maximum atomic E-state index is 11.9. The first-order valence-electron chi connectivity index (χ1n) is 9.78. The zero-order chi connectivity index (χ0) is 18.3. The van der Waals surface area contributed by atoms with Crippen LogP contribution in [0.1, 0.15) is 87.9 Å². The molecule has 0 radical (unpaired) electrons. The molecule has 1 rings (SSSR count). The van der Waals surface area contributed by atoms with Crippen LogP contribution in [0.4, 0.5) is 0 Å². The molecule has 0 atom stereocenters. The molecular formula is C20H33BO4. The minimum absolute atomic E-state index is 0.356. The molecule has 0 aliphatic carbocycles. The molecule has 0 saturated heterocycles. The normalized spacial score (nSPS) is 10.7. The minimum atomic E-state index is -1.51. The smallest absolute Gasteiger partial charge is 0.462 e. The van der Waals surface area contributed by atoms with Gasteiger partial charge < -0.3 is 14.8 Å². The second kappa shape index (κ2) is 13.9. The molecule has 0 aromatic heterocycles. The first-order valence-corrected chi connectivity index (χ1v) is 9.78. The van der Waals surface area contributed by atoms with E-state index in [2.05, 4.69) is 6.92 Å². The summed E-state index contributed by atoms with van der Waals surface area (Å²) in [6.45, 7) is 2.69. The Morgan fingerprint density at radius 1 is 0.840 bits per heavy atom. The van der Waals surface area contributed by atoms with Crippen LogP contribution in [0, 0.1) is 0 Å². The summed E-state index contributed by atoms with van der Waals surface area (Å²) in [5.74, 6) is -0.356. The molecule has 25 heavy (non-hydrogen) atoms. The minimum Gasteiger partial charge on any atom is -0.462 e. The van der Waals surface area contributed by atoms with E-state index in [1.165, 1.54) is 69.9 Å². The van der Waals surface area contributed by atoms with Gasteiger partial charge >= 0.3 is 13.1 Å². The predicted octanol–water partition coefficient (Wildman–Crippen LogP) is 3.83. The van der Waals surface area contributed by atoms with Crippen LogP contribution in [-0.4, -0.2) is 29.7 Å². The van der Waals surface area contributed by atoms with E-state index < -0.39 is 7.12 Å². The van der Waals surface area contributed by atoms with Crippen LogP contribution >= 0.6 is 0 Å². The van der Waals surface area contributed by atoms with Crippen molar-refractivity contribution in [2.45, 2.75) is 77.6 Å². The topological polar surface area (TPSA) is 66.8 Å². The average molecular weight is 348 g/mol. The monoisotopic (exact) mass is 348 g/mol. The van der Waals surface area contributed by atoms with E-state index in [1.807, 2.05) is 0 Å². The van der Waals surface area contributed by atoms with Gasteiger partial charge in [0.05, 0.1) is 12.2 Å². The van der Waals surface area contributed by atoms with Gasteiger partial charge in [-0.05, 0) is 24.0 Å². The van der Waals surface area contributed by atoms with E-state index in [9.17, 15) is 4.79 Å². The lowest BCUT2D eigenvalue weighted by Gasteiger charge is -2.06. The van der Waals surface area contributed by atoms with Gasteiger partial charge in [-0.1, -0.05) is 83.3 Å². The lowest BCUT2D eigenvalue weighted by atomic mass is 9.80. The molecule has 0 aliphatic heterocycles. The van der Waals surface area contributed by atoms with E-state index in [1.54, 1.807) is 12.1 Å². The number of rotatable bonds is 14. The highest BCUT2D eigenvalue weighted by Crippen LogP contribution is 2.11. The maximum absolute atomic E-state index is 11.9. The summed E-state index contributed by atoms with van der Waals surface area (Å²) in [7, 11) is -1.51. The second-order valence-corrected chi connectivity index (χ2v) is 6.67. The summed E-state index contributed by atoms with van der Waals surface area (Å²) in [6, 6.07) is 6.14. The van der Waals surface area contributed by atoms with Crippen LogP contribution in [0.15, 0.2) is 24.3 Å². The SMILES string of the molecule is CCCCCCCCCCCCCOC(=O)c1ccc(B(O)O)cc1. The number of esters is 1. The fourth-order valence-electron chi connectivity index (χ4n) is 2.81. The van der Waals surface area contributed by atoms with Crippen LogP contribution in [0.2, 0.25) is 0 Å². The molecule has 2 N–H and O–H groups in total. The molecule has 0 unspecified atom stereocenters. The lowest BCUT2D eigenvalue weighted by Crippen LogP contribution is -2.29. The number of carbonyl (C=O) groups is 1. The zero-order valence-electron chi connectivity index (χ0n) is 15.6. The van der Waals surface area contributed by atoms with Gasteiger partial charge in [0.1, 0.15) is 0 Å². The van der Waals surface area contributed by atoms with Gasteiger partial charge in [0, 0.05) is 0 Å². The van der Waals surface area contributed by atoms with Crippen molar-refractivity contribution < 1.29 is 19.6 Å². The Bertz CT molecular complexity index is 459. The van der Waals surface area contributed by atoms with Crippen LogP contribution in [0.25, 0.3) is 0 Å². The van der Waals surface area contributed by atoms with Crippen molar-refractivity contribution in [3.63, 3.8) is 0 Å². The second-order valence-electron chi connectivity index (χ2n) is 6.67. The molecule has 0 aliphatic rings. The van der Waals surface area contributed by atoms with Gasteiger partial charge in [-0.15, -0.1) is 0 Å². The fourth-order valence-corrected chi connectivity index (χ4v) is 2.81. The quantitative estimate of drug-likeness (QED) is 0.305. The molecule has 5 heteroatoms. The molecule has 0 spiro atoms. The summed E-state index contributed by atoms with van der Waals surface area (Å²) in [4.78, 5) is 11.9. The molecule has 1 aromatic rings. The highest BCUT2D eigenvalue weighted by atomic mass is 16.5. The third-order valence-electron chi connectivity index (χ3n) is 4.43. The van der Waals surface area contributed by atoms with Crippen molar-refractivity contribution >= 4 is 18.6 Å². The average Bonchev–Trinajstić information content (AvgIpc) is 2.62. The van der Waals surface area contributed by atoms with Crippen molar-refractivity contribution in [2.24, 2.45) is 0 Å². The Labute approximate surface area is 152 Å². The van der Waals surface area contributed by atoms with Crippen molar-refractivity contribution in [2.75, 3.05) is 6.61 Å². The molecule has 1 aromatic carbocycles. The number of hydrogen-bond donors (Lipinski definition) is 2. The summed E-state index contributed by atoms with van der Waals surface area (Å²) in [6.07, 6.45) is 13.9. The number of benzene rings is 1. The van der Waals surface area contributed by atoms with Gasteiger partial charge in [-0.2, -0.15) is 0 Å². The van der Waals surface area contributed by atoms with E-state index in [0.29, 0.717) is 17.6 Å². The van der Waals surface area contributed by atoms with Crippen molar-refractivity contribution in [1.29, 1.82) is 0 Å². The third-order valence-corrected chi connectivity index (χ3v) is 4.43. The van der Waals surface area contributed by atoms with Gasteiger partial charge in [-0.25, -0.2) is 4.79 Å².